The van der Waals surface area contributed by atoms with Crippen LogP contribution in [0, 0.1) is 0 Å². The van der Waals surface area contributed by atoms with Crippen molar-refractivity contribution < 1.29 is 9.15 Å². The minimum absolute atomic E-state index is 0.300. The number of hydrogen-bond acceptors (Lipinski definition) is 4. The first-order chi connectivity index (χ1) is 8.11. The molecule has 0 spiro atoms. The van der Waals surface area contributed by atoms with Gasteiger partial charge < -0.3 is 14.5 Å². The number of rotatable bonds is 8. The highest BCUT2D eigenvalue weighted by molar-refractivity contribution is 5.12. The van der Waals surface area contributed by atoms with Crippen LogP contribution in [-0.4, -0.2) is 38.3 Å². The van der Waals surface area contributed by atoms with E-state index in [0.717, 1.165) is 32.0 Å². The third-order valence-corrected chi connectivity index (χ3v) is 2.44. The molecule has 0 aliphatic carbocycles. The summed E-state index contributed by atoms with van der Waals surface area (Å²) in [7, 11) is 4.01. The average molecular weight is 240 g/mol. The normalized spacial score (nSPS) is 11.6. The molecule has 0 saturated carbocycles. The van der Waals surface area contributed by atoms with Gasteiger partial charge in [0.05, 0.1) is 25.5 Å². The molecule has 0 unspecified atom stereocenters. The van der Waals surface area contributed by atoms with Crippen molar-refractivity contribution >= 4 is 0 Å². The molecule has 4 nitrogen and oxygen atoms in total. The molecule has 0 aliphatic heterocycles. The lowest BCUT2D eigenvalue weighted by Gasteiger charge is -2.16. The van der Waals surface area contributed by atoms with E-state index in [2.05, 4.69) is 37.2 Å². The molecule has 1 aromatic rings. The maximum Gasteiger partial charge on any atom is 0.118 e. The van der Waals surface area contributed by atoms with Crippen LogP contribution in [0.4, 0.5) is 0 Å². The van der Waals surface area contributed by atoms with Gasteiger partial charge in [0.15, 0.2) is 0 Å². The molecular weight excluding hydrogens is 216 g/mol. The van der Waals surface area contributed by atoms with Crippen LogP contribution in [-0.2, 0) is 17.8 Å². The van der Waals surface area contributed by atoms with E-state index in [9.17, 15) is 0 Å². The van der Waals surface area contributed by atoms with Crippen LogP contribution in [0.25, 0.3) is 0 Å². The number of nitrogens with zero attached hydrogens (tertiary/aromatic N) is 1. The van der Waals surface area contributed by atoms with E-state index in [1.54, 1.807) is 0 Å². The summed E-state index contributed by atoms with van der Waals surface area (Å²) in [6, 6.07) is 2.09. The number of hydrogen-bond donors (Lipinski definition) is 1. The highest BCUT2D eigenvalue weighted by Gasteiger charge is 2.05. The molecule has 98 valence electrons. The SMILES string of the molecule is CNCc1coc(CN(C)CCOC(C)C)c1. The zero-order valence-corrected chi connectivity index (χ0v) is 11.3. The van der Waals surface area contributed by atoms with Crippen LogP contribution in [0.3, 0.4) is 0 Å². The highest BCUT2D eigenvalue weighted by atomic mass is 16.5. The first kappa shape index (κ1) is 14.2. The number of likely N-dealkylation sites (N-methyl/N-ethyl adjacent to an activating group) is 1. The Bertz CT molecular complexity index is 310. The van der Waals surface area contributed by atoms with Crippen LogP contribution in [0.1, 0.15) is 25.2 Å². The van der Waals surface area contributed by atoms with Gasteiger partial charge in [-0.05, 0) is 34.0 Å². The van der Waals surface area contributed by atoms with Gasteiger partial charge >= 0.3 is 0 Å². The molecular formula is C13H24N2O2. The van der Waals surface area contributed by atoms with E-state index in [1.807, 2.05) is 13.3 Å². The number of nitrogens with one attached hydrogen (secondary N) is 1. The van der Waals surface area contributed by atoms with Gasteiger partial charge in [0, 0.05) is 18.7 Å². The predicted molar refractivity (Wildman–Crippen MR) is 68.9 cm³/mol. The largest absolute Gasteiger partial charge is 0.468 e. The van der Waals surface area contributed by atoms with Crippen molar-refractivity contribution in [3.8, 4) is 0 Å². The van der Waals surface area contributed by atoms with Gasteiger partial charge in [0.25, 0.3) is 0 Å². The van der Waals surface area contributed by atoms with Crippen molar-refractivity contribution in [1.82, 2.24) is 10.2 Å². The van der Waals surface area contributed by atoms with Crippen LogP contribution >= 0.6 is 0 Å². The van der Waals surface area contributed by atoms with Crippen LogP contribution in [0.2, 0.25) is 0 Å². The maximum atomic E-state index is 5.51. The molecule has 0 saturated heterocycles. The molecule has 1 rings (SSSR count). The molecule has 0 amide bonds. The van der Waals surface area contributed by atoms with Crippen LogP contribution in [0.5, 0.6) is 0 Å². The molecule has 0 aromatic carbocycles. The van der Waals surface area contributed by atoms with Gasteiger partial charge in [-0.25, -0.2) is 0 Å². The van der Waals surface area contributed by atoms with Crippen molar-refractivity contribution in [3.05, 3.63) is 23.7 Å². The summed E-state index contributed by atoms with van der Waals surface area (Å²) >= 11 is 0. The van der Waals surface area contributed by atoms with E-state index in [1.165, 1.54) is 5.56 Å². The Morgan fingerprint density at radius 1 is 1.47 bits per heavy atom. The van der Waals surface area contributed by atoms with Crippen LogP contribution < -0.4 is 5.32 Å². The van der Waals surface area contributed by atoms with E-state index in [4.69, 9.17) is 9.15 Å². The second-order valence-corrected chi connectivity index (χ2v) is 4.61. The lowest BCUT2D eigenvalue weighted by molar-refractivity contribution is 0.0616. The number of ether oxygens (including phenoxy) is 1. The first-order valence-corrected chi connectivity index (χ1v) is 6.13. The molecule has 0 fully saturated rings. The smallest absolute Gasteiger partial charge is 0.118 e. The third kappa shape index (κ3) is 5.86. The molecule has 0 atom stereocenters. The Hall–Kier alpha value is -0.840. The molecule has 0 bridgehead atoms. The van der Waals surface area contributed by atoms with Gasteiger partial charge in [-0.2, -0.15) is 0 Å². The summed E-state index contributed by atoms with van der Waals surface area (Å²) in [6.07, 6.45) is 2.11. The summed E-state index contributed by atoms with van der Waals surface area (Å²) < 4.78 is 11.0. The average Bonchev–Trinajstić information content (AvgIpc) is 2.65. The summed E-state index contributed by atoms with van der Waals surface area (Å²) in [5.41, 5.74) is 1.19. The van der Waals surface area contributed by atoms with Gasteiger partial charge in [0.1, 0.15) is 5.76 Å². The van der Waals surface area contributed by atoms with Gasteiger partial charge in [-0.15, -0.1) is 0 Å². The summed E-state index contributed by atoms with van der Waals surface area (Å²) in [4.78, 5) is 2.20. The van der Waals surface area contributed by atoms with E-state index >= 15 is 0 Å². The maximum absolute atomic E-state index is 5.51. The highest BCUT2D eigenvalue weighted by Crippen LogP contribution is 2.09. The number of furan rings is 1. The topological polar surface area (TPSA) is 37.6 Å². The predicted octanol–water partition coefficient (Wildman–Crippen LogP) is 1.86. The second-order valence-electron chi connectivity index (χ2n) is 4.61. The van der Waals surface area contributed by atoms with Gasteiger partial charge in [-0.1, -0.05) is 0 Å². The van der Waals surface area contributed by atoms with Crippen molar-refractivity contribution in [2.75, 3.05) is 27.2 Å². The van der Waals surface area contributed by atoms with E-state index in [-0.39, 0.29) is 0 Å². The molecule has 0 aliphatic rings. The molecule has 17 heavy (non-hydrogen) atoms. The fourth-order valence-corrected chi connectivity index (χ4v) is 1.60. The summed E-state index contributed by atoms with van der Waals surface area (Å²) in [6.45, 7) is 7.46. The molecule has 1 heterocycles. The lowest BCUT2D eigenvalue weighted by atomic mass is 10.3. The Kier molecular flexibility index (Phi) is 6.26. The van der Waals surface area contributed by atoms with Gasteiger partial charge in [-0.3, -0.25) is 4.90 Å². The Balaban J connectivity index is 2.26. The minimum atomic E-state index is 0.300. The quantitative estimate of drug-likeness (QED) is 0.752. The fraction of sp³-hybridized carbons (Fsp3) is 0.692. The van der Waals surface area contributed by atoms with Crippen molar-refractivity contribution in [3.63, 3.8) is 0 Å². The molecule has 1 aromatic heterocycles. The third-order valence-electron chi connectivity index (χ3n) is 2.44. The van der Waals surface area contributed by atoms with Gasteiger partial charge in [0.2, 0.25) is 0 Å². The minimum Gasteiger partial charge on any atom is -0.468 e. The summed E-state index contributed by atoms with van der Waals surface area (Å²) in [5.74, 6) is 1.00. The second kappa shape index (κ2) is 7.48. The van der Waals surface area contributed by atoms with Crippen molar-refractivity contribution in [1.29, 1.82) is 0 Å². The molecule has 4 heteroatoms. The van der Waals surface area contributed by atoms with Crippen molar-refractivity contribution in [2.24, 2.45) is 0 Å². The van der Waals surface area contributed by atoms with Crippen LogP contribution in [0.15, 0.2) is 16.7 Å². The standard InChI is InChI=1S/C13H24N2O2/c1-11(2)16-6-5-15(4)9-13-7-12(8-14-3)10-17-13/h7,10-11,14H,5-6,8-9H2,1-4H3. The molecule has 1 N–H and O–H groups in total. The monoisotopic (exact) mass is 240 g/mol. The Morgan fingerprint density at radius 2 is 2.24 bits per heavy atom. The van der Waals surface area contributed by atoms with E-state index in [0.29, 0.717) is 6.10 Å². The Morgan fingerprint density at radius 3 is 2.88 bits per heavy atom. The fourth-order valence-electron chi connectivity index (χ4n) is 1.60. The zero-order chi connectivity index (χ0) is 12.7. The van der Waals surface area contributed by atoms with E-state index < -0.39 is 0 Å². The lowest BCUT2D eigenvalue weighted by Crippen LogP contribution is -2.23. The zero-order valence-electron chi connectivity index (χ0n) is 11.3. The molecule has 0 radical (unpaired) electrons. The first-order valence-electron chi connectivity index (χ1n) is 6.13. The van der Waals surface area contributed by atoms with Crippen molar-refractivity contribution in [2.45, 2.75) is 33.0 Å². The summed E-state index contributed by atoms with van der Waals surface area (Å²) in [5, 5.41) is 3.10. The Labute approximate surface area is 104 Å².